The smallest absolute Gasteiger partial charge is 0.398 e. The highest BCUT2D eigenvalue weighted by Crippen LogP contribution is 2.23. The van der Waals surface area contributed by atoms with Gasteiger partial charge in [0.15, 0.2) is 0 Å². The standard InChI is InChI=1S/C12H16BrF3N2/c1-2-5-18(8-12(14,15)16)7-9-3-4-11(17)10(13)6-9/h3-4,6H,2,5,7-8,17H2,1H3. The molecule has 6 heteroatoms. The Hall–Kier alpha value is -0.750. The topological polar surface area (TPSA) is 29.3 Å². The van der Waals surface area contributed by atoms with Gasteiger partial charge in [0.1, 0.15) is 0 Å². The lowest BCUT2D eigenvalue weighted by atomic mass is 10.2. The third-order valence-corrected chi connectivity index (χ3v) is 3.10. The van der Waals surface area contributed by atoms with E-state index >= 15 is 0 Å². The Morgan fingerprint density at radius 3 is 2.50 bits per heavy atom. The molecule has 0 aromatic heterocycles. The molecule has 102 valence electrons. The summed E-state index contributed by atoms with van der Waals surface area (Å²) in [5.41, 5.74) is 7.03. The van der Waals surface area contributed by atoms with Crippen molar-refractivity contribution in [2.45, 2.75) is 26.1 Å². The first-order chi connectivity index (χ1) is 8.31. The molecule has 0 unspecified atom stereocenters. The highest BCUT2D eigenvalue weighted by Gasteiger charge is 2.30. The second-order valence-electron chi connectivity index (χ2n) is 4.18. The first kappa shape index (κ1) is 15.3. The van der Waals surface area contributed by atoms with Gasteiger partial charge in [0, 0.05) is 16.7 Å². The van der Waals surface area contributed by atoms with Gasteiger partial charge in [0.05, 0.1) is 6.54 Å². The zero-order valence-corrected chi connectivity index (χ0v) is 11.7. The van der Waals surface area contributed by atoms with Crippen LogP contribution >= 0.6 is 15.9 Å². The maximum Gasteiger partial charge on any atom is 0.401 e. The molecule has 0 saturated heterocycles. The van der Waals surface area contributed by atoms with E-state index < -0.39 is 12.7 Å². The molecule has 1 rings (SSSR count). The Bertz CT molecular complexity index is 393. The Balaban J connectivity index is 2.73. The predicted molar refractivity (Wildman–Crippen MR) is 70.2 cm³/mol. The van der Waals surface area contributed by atoms with Crippen molar-refractivity contribution in [1.29, 1.82) is 0 Å². The van der Waals surface area contributed by atoms with E-state index in [-0.39, 0.29) is 6.54 Å². The molecule has 0 heterocycles. The Kier molecular flexibility index (Phi) is 5.47. The Morgan fingerprint density at radius 1 is 1.33 bits per heavy atom. The zero-order valence-electron chi connectivity index (χ0n) is 10.1. The molecule has 0 fully saturated rings. The monoisotopic (exact) mass is 324 g/mol. The minimum Gasteiger partial charge on any atom is -0.398 e. The van der Waals surface area contributed by atoms with Crippen LogP contribution in [0.1, 0.15) is 18.9 Å². The van der Waals surface area contributed by atoms with Crippen LogP contribution in [0.5, 0.6) is 0 Å². The highest BCUT2D eigenvalue weighted by atomic mass is 79.9. The number of halogens is 4. The molecule has 0 amide bonds. The van der Waals surface area contributed by atoms with Crippen molar-refractivity contribution in [3.05, 3.63) is 28.2 Å². The largest absolute Gasteiger partial charge is 0.401 e. The minimum atomic E-state index is -4.17. The van der Waals surface area contributed by atoms with Gasteiger partial charge < -0.3 is 5.73 Å². The lowest BCUT2D eigenvalue weighted by molar-refractivity contribution is -0.147. The van der Waals surface area contributed by atoms with Crippen LogP contribution in [0, 0.1) is 0 Å². The molecule has 2 N–H and O–H groups in total. The summed E-state index contributed by atoms with van der Waals surface area (Å²) in [4.78, 5) is 1.39. The summed E-state index contributed by atoms with van der Waals surface area (Å²) in [5.74, 6) is 0. The van der Waals surface area contributed by atoms with Gasteiger partial charge in [0.25, 0.3) is 0 Å². The van der Waals surface area contributed by atoms with Crippen molar-refractivity contribution in [2.75, 3.05) is 18.8 Å². The van der Waals surface area contributed by atoms with Gasteiger partial charge in [-0.25, -0.2) is 0 Å². The fourth-order valence-electron chi connectivity index (χ4n) is 1.71. The SMILES string of the molecule is CCCN(Cc1ccc(N)c(Br)c1)CC(F)(F)F. The van der Waals surface area contributed by atoms with E-state index in [1.165, 1.54) is 4.90 Å². The van der Waals surface area contributed by atoms with Crippen molar-refractivity contribution in [1.82, 2.24) is 4.90 Å². The fraction of sp³-hybridized carbons (Fsp3) is 0.500. The van der Waals surface area contributed by atoms with Gasteiger partial charge in [-0.15, -0.1) is 0 Å². The van der Waals surface area contributed by atoms with E-state index in [9.17, 15) is 13.2 Å². The molecule has 1 aromatic carbocycles. The van der Waals surface area contributed by atoms with Crippen LogP contribution in [0.4, 0.5) is 18.9 Å². The van der Waals surface area contributed by atoms with Gasteiger partial charge in [-0.1, -0.05) is 13.0 Å². The van der Waals surface area contributed by atoms with Crippen molar-refractivity contribution in [2.24, 2.45) is 0 Å². The van der Waals surface area contributed by atoms with Gasteiger partial charge in [0.2, 0.25) is 0 Å². The third-order valence-electron chi connectivity index (χ3n) is 2.41. The van der Waals surface area contributed by atoms with Gasteiger partial charge >= 0.3 is 6.18 Å². The summed E-state index contributed by atoms with van der Waals surface area (Å²) in [6, 6.07) is 5.20. The third kappa shape index (κ3) is 5.27. The normalized spacial score (nSPS) is 12.1. The van der Waals surface area contributed by atoms with Gasteiger partial charge in [-0.2, -0.15) is 13.2 Å². The predicted octanol–water partition coefficient (Wildman–Crippen LogP) is 3.81. The molecule has 0 aliphatic carbocycles. The van der Waals surface area contributed by atoms with E-state index in [1.807, 2.05) is 6.92 Å². The molecule has 0 aliphatic heterocycles. The summed E-state index contributed by atoms with van der Waals surface area (Å²) in [7, 11) is 0. The number of rotatable bonds is 5. The number of alkyl halides is 3. The summed E-state index contributed by atoms with van der Waals surface area (Å²) < 4.78 is 37.9. The molecule has 0 bridgehead atoms. The second kappa shape index (κ2) is 6.43. The zero-order chi connectivity index (χ0) is 13.8. The van der Waals surface area contributed by atoms with Crippen LogP contribution in [-0.4, -0.2) is 24.2 Å². The first-order valence-corrected chi connectivity index (χ1v) is 6.44. The van der Waals surface area contributed by atoms with Crippen LogP contribution in [0.2, 0.25) is 0 Å². The summed E-state index contributed by atoms with van der Waals surface area (Å²) >= 11 is 3.27. The molecule has 0 aliphatic rings. The van der Waals surface area contributed by atoms with Crippen molar-refractivity contribution in [3.8, 4) is 0 Å². The van der Waals surface area contributed by atoms with Crippen LogP contribution in [0.3, 0.4) is 0 Å². The molecule has 18 heavy (non-hydrogen) atoms. The van der Waals surface area contributed by atoms with Crippen molar-refractivity contribution < 1.29 is 13.2 Å². The van der Waals surface area contributed by atoms with Gasteiger partial charge in [-0.3, -0.25) is 4.90 Å². The molecule has 0 spiro atoms. The molecule has 0 radical (unpaired) electrons. The second-order valence-corrected chi connectivity index (χ2v) is 5.04. The molecule has 1 aromatic rings. The fourth-order valence-corrected chi connectivity index (χ4v) is 2.14. The Morgan fingerprint density at radius 2 is 2.00 bits per heavy atom. The van der Waals surface area contributed by atoms with E-state index in [0.717, 1.165) is 5.56 Å². The number of nitrogens with two attached hydrogens (primary N) is 1. The van der Waals surface area contributed by atoms with E-state index in [4.69, 9.17) is 5.73 Å². The highest BCUT2D eigenvalue weighted by molar-refractivity contribution is 9.10. The first-order valence-electron chi connectivity index (χ1n) is 5.65. The average Bonchev–Trinajstić information content (AvgIpc) is 2.21. The van der Waals surface area contributed by atoms with Crippen molar-refractivity contribution >= 4 is 21.6 Å². The molecule has 0 saturated carbocycles. The maximum atomic E-state index is 12.4. The van der Waals surface area contributed by atoms with Crippen LogP contribution < -0.4 is 5.73 Å². The summed E-state index contributed by atoms with van der Waals surface area (Å²) in [5, 5.41) is 0. The molecular weight excluding hydrogens is 309 g/mol. The number of anilines is 1. The molecular formula is C12H16BrF3N2. The number of benzene rings is 1. The van der Waals surface area contributed by atoms with Gasteiger partial charge in [-0.05, 0) is 46.6 Å². The number of nitrogen functional groups attached to an aromatic ring is 1. The lowest BCUT2D eigenvalue weighted by Crippen LogP contribution is -2.34. The number of nitrogens with zero attached hydrogens (tertiary/aromatic N) is 1. The van der Waals surface area contributed by atoms with Crippen LogP contribution in [0.15, 0.2) is 22.7 Å². The molecule has 0 atom stereocenters. The number of hydrogen-bond donors (Lipinski definition) is 1. The van der Waals surface area contributed by atoms with E-state index in [2.05, 4.69) is 15.9 Å². The van der Waals surface area contributed by atoms with E-state index in [1.54, 1.807) is 18.2 Å². The quantitative estimate of drug-likeness (QED) is 0.834. The van der Waals surface area contributed by atoms with E-state index in [0.29, 0.717) is 23.1 Å². The summed E-state index contributed by atoms with van der Waals surface area (Å²) in [6.07, 6.45) is -3.48. The minimum absolute atomic E-state index is 0.270. The molecule has 2 nitrogen and oxygen atoms in total. The lowest BCUT2D eigenvalue weighted by Gasteiger charge is -2.23. The van der Waals surface area contributed by atoms with Crippen LogP contribution in [0.25, 0.3) is 0 Å². The Labute approximate surface area is 113 Å². The average molecular weight is 325 g/mol. The maximum absolute atomic E-state index is 12.4. The van der Waals surface area contributed by atoms with Crippen molar-refractivity contribution in [3.63, 3.8) is 0 Å². The summed E-state index contributed by atoms with van der Waals surface area (Å²) in [6.45, 7) is 1.67. The number of hydrogen-bond acceptors (Lipinski definition) is 2. The van der Waals surface area contributed by atoms with Crippen LogP contribution in [-0.2, 0) is 6.54 Å².